The van der Waals surface area contributed by atoms with Gasteiger partial charge in [-0.3, -0.25) is 0 Å². The highest BCUT2D eigenvalue weighted by atomic mass is 15.2. The van der Waals surface area contributed by atoms with Crippen molar-refractivity contribution in [2.75, 3.05) is 23.7 Å². The number of nitrogens with one attached hydrogen (secondary N) is 1. The van der Waals surface area contributed by atoms with Crippen LogP contribution in [0.15, 0.2) is 55.3 Å². The minimum absolute atomic E-state index is 0.453. The number of rotatable bonds is 5. The van der Waals surface area contributed by atoms with Gasteiger partial charge in [0, 0.05) is 36.2 Å². The highest BCUT2D eigenvalue weighted by molar-refractivity contribution is 5.53. The second kappa shape index (κ2) is 6.13. The number of nitrogens with zero attached hydrogens (tertiary/aromatic N) is 3. The summed E-state index contributed by atoms with van der Waals surface area (Å²) < 4.78 is 4.16. The maximum absolute atomic E-state index is 5.75. The van der Waals surface area contributed by atoms with E-state index in [9.17, 15) is 0 Å². The fourth-order valence-corrected chi connectivity index (χ4v) is 2.95. The van der Waals surface area contributed by atoms with Crippen molar-refractivity contribution in [2.24, 2.45) is 7.05 Å². The molecular weight excluding hydrogens is 274 g/mol. The molecule has 1 saturated heterocycles. The molecule has 3 rings (SSSR count). The Morgan fingerprint density at radius 1 is 1.41 bits per heavy atom. The highest BCUT2D eigenvalue weighted by Crippen LogP contribution is 2.21. The Balaban J connectivity index is 1.52. The number of hydrogen-bond acceptors (Lipinski definition) is 3. The maximum Gasteiger partial charge on any atom is 0.243 e. The molecule has 1 aliphatic rings. The van der Waals surface area contributed by atoms with E-state index in [1.165, 1.54) is 5.69 Å². The van der Waals surface area contributed by atoms with Gasteiger partial charge in [-0.05, 0) is 30.7 Å². The third kappa shape index (κ3) is 3.42. The van der Waals surface area contributed by atoms with Crippen LogP contribution in [-0.4, -0.2) is 23.7 Å². The van der Waals surface area contributed by atoms with Crippen molar-refractivity contribution in [3.8, 4) is 0 Å². The summed E-state index contributed by atoms with van der Waals surface area (Å²) in [6.45, 7) is 7.03. The molecule has 1 fully saturated rings. The average molecular weight is 298 g/mol. The molecule has 1 aliphatic heterocycles. The van der Waals surface area contributed by atoms with E-state index in [1.807, 2.05) is 29.9 Å². The Bertz CT molecular complexity index is 643. The number of hydrogen-bond donors (Lipinski definition) is 2. The first-order valence-electron chi connectivity index (χ1n) is 7.66. The number of allylic oxidation sites excluding steroid dienone is 1. The van der Waals surface area contributed by atoms with E-state index in [0.717, 1.165) is 37.4 Å². The Kier molecular flexibility index (Phi) is 4.04. The van der Waals surface area contributed by atoms with E-state index < -0.39 is 0 Å². The van der Waals surface area contributed by atoms with E-state index in [1.54, 1.807) is 0 Å². The van der Waals surface area contributed by atoms with Crippen LogP contribution in [-0.2, 0) is 13.6 Å². The smallest absolute Gasteiger partial charge is 0.243 e. The van der Waals surface area contributed by atoms with Crippen molar-refractivity contribution in [1.82, 2.24) is 9.88 Å². The van der Waals surface area contributed by atoms with E-state index in [4.69, 9.17) is 5.73 Å². The van der Waals surface area contributed by atoms with Crippen LogP contribution in [0.3, 0.4) is 0 Å². The van der Waals surface area contributed by atoms with Crippen LogP contribution >= 0.6 is 0 Å². The molecule has 1 aromatic heterocycles. The van der Waals surface area contributed by atoms with Gasteiger partial charge in [0.05, 0.1) is 7.05 Å². The van der Waals surface area contributed by atoms with Gasteiger partial charge in [0.25, 0.3) is 0 Å². The summed E-state index contributed by atoms with van der Waals surface area (Å²) in [5.74, 6) is 0. The second-order valence-corrected chi connectivity index (χ2v) is 6.02. The first-order valence-corrected chi connectivity index (χ1v) is 7.66. The molecule has 2 aromatic rings. The van der Waals surface area contributed by atoms with Crippen molar-refractivity contribution in [2.45, 2.75) is 19.0 Å². The van der Waals surface area contributed by atoms with Gasteiger partial charge < -0.3 is 16.0 Å². The van der Waals surface area contributed by atoms with Gasteiger partial charge >= 0.3 is 0 Å². The van der Waals surface area contributed by atoms with Crippen molar-refractivity contribution in [3.05, 3.63) is 55.3 Å². The van der Waals surface area contributed by atoms with Crippen LogP contribution in [0.5, 0.6) is 0 Å². The standard InChI is InChI=1S/C17H24N5/c1-14(11-21-10-9-20(2)13-21)19-16-7-8-22(12-16)17-5-3-15(18)4-6-17/h3-6,9-10,13,16,19H,1,7-8,11-12,18H2,2H3/q+1. The molecule has 0 aliphatic carbocycles. The highest BCUT2D eigenvalue weighted by Gasteiger charge is 2.23. The monoisotopic (exact) mass is 298 g/mol. The fraction of sp³-hybridized carbons (Fsp3) is 0.353. The molecule has 5 nitrogen and oxygen atoms in total. The number of benzene rings is 1. The van der Waals surface area contributed by atoms with Crippen LogP contribution in [0.4, 0.5) is 11.4 Å². The van der Waals surface area contributed by atoms with E-state index in [0.29, 0.717) is 6.04 Å². The van der Waals surface area contributed by atoms with E-state index >= 15 is 0 Å². The molecule has 1 unspecified atom stereocenters. The molecule has 1 aromatic carbocycles. The Hall–Kier alpha value is -2.43. The lowest BCUT2D eigenvalue weighted by atomic mass is 10.2. The number of nitrogens with two attached hydrogens (primary N) is 1. The lowest BCUT2D eigenvalue weighted by Crippen LogP contribution is -2.33. The van der Waals surface area contributed by atoms with Crippen LogP contribution in [0.2, 0.25) is 0 Å². The number of nitrogen functional groups attached to an aromatic ring is 1. The fourth-order valence-electron chi connectivity index (χ4n) is 2.95. The molecule has 0 spiro atoms. The largest absolute Gasteiger partial charge is 0.399 e. The molecule has 2 heterocycles. The minimum atomic E-state index is 0.453. The third-order valence-electron chi connectivity index (χ3n) is 4.05. The number of anilines is 2. The van der Waals surface area contributed by atoms with E-state index in [-0.39, 0.29) is 0 Å². The average Bonchev–Trinajstić information content (AvgIpc) is 3.09. The lowest BCUT2D eigenvalue weighted by molar-refractivity contribution is -0.671. The van der Waals surface area contributed by atoms with Crippen molar-refractivity contribution < 1.29 is 4.57 Å². The number of imidazole rings is 1. The molecule has 3 N–H and O–H groups in total. The van der Waals surface area contributed by atoms with Gasteiger partial charge in [-0.25, -0.2) is 9.13 Å². The predicted octanol–water partition coefficient (Wildman–Crippen LogP) is 1.28. The summed E-state index contributed by atoms with van der Waals surface area (Å²) >= 11 is 0. The Labute approximate surface area is 131 Å². The zero-order valence-electron chi connectivity index (χ0n) is 13.1. The first kappa shape index (κ1) is 14.5. The molecule has 0 saturated carbocycles. The second-order valence-electron chi connectivity index (χ2n) is 6.02. The van der Waals surface area contributed by atoms with Crippen LogP contribution in [0, 0.1) is 0 Å². The summed E-state index contributed by atoms with van der Waals surface area (Å²) in [6.07, 6.45) is 7.28. The molecule has 116 valence electrons. The topological polar surface area (TPSA) is 50.1 Å². The molecule has 0 radical (unpaired) electrons. The van der Waals surface area contributed by atoms with Crippen LogP contribution < -0.4 is 20.5 Å². The first-order chi connectivity index (χ1) is 10.6. The predicted molar refractivity (Wildman–Crippen MR) is 89.4 cm³/mol. The maximum atomic E-state index is 5.75. The lowest BCUT2D eigenvalue weighted by Gasteiger charge is -2.20. The van der Waals surface area contributed by atoms with Gasteiger partial charge in [-0.2, -0.15) is 0 Å². The van der Waals surface area contributed by atoms with Crippen LogP contribution in [0.1, 0.15) is 6.42 Å². The third-order valence-corrected chi connectivity index (χ3v) is 4.05. The molecular formula is C17H24N5+. The molecule has 1 atom stereocenters. The molecule has 0 bridgehead atoms. The zero-order chi connectivity index (χ0) is 15.5. The molecule has 22 heavy (non-hydrogen) atoms. The van der Waals surface area contributed by atoms with Gasteiger partial charge in [-0.15, -0.1) is 0 Å². The van der Waals surface area contributed by atoms with Crippen molar-refractivity contribution in [3.63, 3.8) is 0 Å². The number of aromatic nitrogens is 2. The Morgan fingerprint density at radius 2 is 2.18 bits per heavy atom. The molecule has 0 amide bonds. The molecule has 5 heteroatoms. The van der Waals surface area contributed by atoms with E-state index in [2.05, 4.69) is 46.0 Å². The summed E-state index contributed by atoms with van der Waals surface area (Å²) in [5.41, 5.74) is 8.85. The van der Waals surface area contributed by atoms with Crippen molar-refractivity contribution in [1.29, 1.82) is 0 Å². The van der Waals surface area contributed by atoms with Gasteiger partial charge in [0.2, 0.25) is 6.33 Å². The summed E-state index contributed by atoms with van der Waals surface area (Å²) in [5, 5.41) is 3.56. The quantitative estimate of drug-likeness (QED) is 0.646. The summed E-state index contributed by atoms with van der Waals surface area (Å²) in [4.78, 5) is 2.39. The van der Waals surface area contributed by atoms with Crippen LogP contribution in [0.25, 0.3) is 0 Å². The zero-order valence-corrected chi connectivity index (χ0v) is 13.1. The minimum Gasteiger partial charge on any atom is -0.399 e. The van der Waals surface area contributed by atoms with Gasteiger partial charge in [-0.1, -0.05) is 6.58 Å². The normalized spacial score (nSPS) is 17.7. The van der Waals surface area contributed by atoms with Gasteiger partial charge in [0.15, 0.2) is 0 Å². The van der Waals surface area contributed by atoms with Gasteiger partial charge in [0.1, 0.15) is 18.9 Å². The summed E-state index contributed by atoms with van der Waals surface area (Å²) in [7, 11) is 2.02. The SMILES string of the molecule is C=C(Cn1cc[n+](C)c1)NC1CCN(c2ccc(N)cc2)C1. The number of aryl methyl sites for hydroxylation is 1. The Morgan fingerprint density at radius 3 is 2.86 bits per heavy atom. The van der Waals surface area contributed by atoms with Crippen molar-refractivity contribution >= 4 is 11.4 Å². The summed E-state index contributed by atoms with van der Waals surface area (Å²) in [6, 6.07) is 8.55.